The molecule has 2 aromatic rings. The van der Waals surface area contributed by atoms with Gasteiger partial charge in [-0.15, -0.1) is 0 Å². The Morgan fingerprint density at radius 1 is 1.33 bits per heavy atom. The van der Waals surface area contributed by atoms with Gasteiger partial charge in [0.1, 0.15) is 0 Å². The zero-order chi connectivity index (χ0) is 17.3. The smallest absolute Gasteiger partial charge is 0.224 e. The van der Waals surface area contributed by atoms with E-state index in [2.05, 4.69) is 10.4 Å². The second kappa shape index (κ2) is 6.57. The minimum Gasteiger partial charge on any atom is -0.388 e. The molecule has 2 N–H and O–H groups in total. The summed E-state index contributed by atoms with van der Waals surface area (Å²) in [5, 5.41) is 18.1. The minimum atomic E-state index is -0.701. The van der Waals surface area contributed by atoms with Gasteiger partial charge in [-0.3, -0.25) is 4.79 Å². The van der Waals surface area contributed by atoms with Gasteiger partial charge >= 0.3 is 0 Å². The molecule has 1 aliphatic rings. The molecular weight excluding hydrogens is 326 g/mol. The molecular formula is C18H22ClN3O2. The summed E-state index contributed by atoms with van der Waals surface area (Å²) in [7, 11) is 0. The van der Waals surface area contributed by atoms with Crippen LogP contribution in [-0.2, 0) is 11.2 Å². The Labute approximate surface area is 146 Å². The largest absolute Gasteiger partial charge is 0.388 e. The molecule has 1 aliphatic carbocycles. The van der Waals surface area contributed by atoms with Crippen molar-refractivity contribution in [3.63, 3.8) is 0 Å². The number of hydrogen-bond donors (Lipinski definition) is 2. The lowest BCUT2D eigenvalue weighted by Gasteiger charge is -2.36. The van der Waals surface area contributed by atoms with Crippen LogP contribution in [0.4, 0.5) is 0 Å². The van der Waals surface area contributed by atoms with Crippen LogP contribution in [0, 0.1) is 13.8 Å². The van der Waals surface area contributed by atoms with Crippen LogP contribution < -0.4 is 5.32 Å². The Balaban J connectivity index is 1.71. The standard InChI is InChI=1S/C18H22ClN3O2/c1-12-16(10-17(23)20-11-18(24)8-3-9-18)13(2)22(21-12)15-6-4-14(19)5-7-15/h4-7,24H,3,8-11H2,1-2H3,(H,20,23). The lowest BCUT2D eigenvalue weighted by molar-refractivity contribution is -0.122. The van der Waals surface area contributed by atoms with Crippen LogP contribution in [0.25, 0.3) is 5.69 Å². The summed E-state index contributed by atoms with van der Waals surface area (Å²) in [6, 6.07) is 7.44. The summed E-state index contributed by atoms with van der Waals surface area (Å²) in [6.45, 7) is 4.19. The van der Waals surface area contributed by atoms with Gasteiger partial charge in [0.2, 0.25) is 5.91 Å². The summed E-state index contributed by atoms with van der Waals surface area (Å²) >= 11 is 5.93. The van der Waals surface area contributed by atoms with Crippen LogP contribution >= 0.6 is 11.6 Å². The monoisotopic (exact) mass is 347 g/mol. The number of benzene rings is 1. The molecule has 0 unspecified atom stereocenters. The molecule has 0 radical (unpaired) electrons. The fourth-order valence-electron chi connectivity index (χ4n) is 3.01. The van der Waals surface area contributed by atoms with Gasteiger partial charge in [-0.1, -0.05) is 11.6 Å². The van der Waals surface area contributed by atoms with E-state index in [-0.39, 0.29) is 12.3 Å². The molecule has 1 fully saturated rings. The van der Waals surface area contributed by atoms with E-state index in [0.717, 1.165) is 41.9 Å². The average Bonchev–Trinajstić information content (AvgIpc) is 2.80. The van der Waals surface area contributed by atoms with Crippen LogP contribution in [0.15, 0.2) is 24.3 Å². The fourth-order valence-corrected chi connectivity index (χ4v) is 3.14. The topological polar surface area (TPSA) is 67.2 Å². The second-order valence-electron chi connectivity index (χ2n) is 6.57. The van der Waals surface area contributed by atoms with E-state index >= 15 is 0 Å². The molecule has 6 heteroatoms. The van der Waals surface area contributed by atoms with Crippen molar-refractivity contribution >= 4 is 17.5 Å². The van der Waals surface area contributed by atoms with E-state index < -0.39 is 5.60 Å². The van der Waals surface area contributed by atoms with E-state index in [1.54, 1.807) is 0 Å². The van der Waals surface area contributed by atoms with E-state index in [1.165, 1.54) is 0 Å². The van der Waals surface area contributed by atoms with Gasteiger partial charge in [-0.05, 0) is 57.4 Å². The average molecular weight is 348 g/mol. The number of halogens is 1. The summed E-state index contributed by atoms with van der Waals surface area (Å²) in [5.41, 5.74) is 2.90. The van der Waals surface area contributed by atoms with E-state index in [0.29, 0.717) is 11.6 Å². The second-order valence-corrected chi connectivity index (χ2v) is 7.01. The van der Waals surface area contributed by atoms with Crippen molar-refractivity contribution in [1.29, 1.82) is 0 Å². The first-order valence-electron chi connectivity index (χ1n) is 8.18. The maximum absolute atomic E-state index is 12.2. The highest BCUT2D eigenvalue weighted by molar-refractivity contribution is 6.30. The zero-order valence-corrected chi connectivity index (χ0v) is 14.7. The first-order chi connectivity index (χ1) is 11.4. The minimum absolute atomic E-state index is 0.0859. The SMILES string of the molecule is Cc1nn(-c2ccc(Cl)cc2)c(C)c1CC(=O)NCC1(O)CCC1. The van der Waals surface area contributed by atoms with Gasteiger partial charge in [0, 0.05) is 22.8 Å². The number of carbonyl (C=O) groups is 1. The number of hydrogen-bond acceptors (Lipinski definition) is 3. The molecule has 1 amide bonds. The molecule has 3 rings (SSSR count). The van der Waals surface area contributed by atoms with Crippen LogP contribution in [0.2, 0.25) is 5.02 Å². The summed E-state index contributed by atoms with van der Waals surface area (Å²) in [5.74, 6) is -0.0859. The first kappa shape index (κ1) is 17.0. The van der Waals surface area contributed by atoms with Crippen LogP contribution in [0.1, 0.15) is 36.2 Å². The molecule has 1 saturated carbocycles. The lowest BCUT2D eigenvalue weighted by Crippen LogP contribution is -2.48. The van der Waals surface area contributed by atoms with Gasteiger partial charge in [0.25, 0.3) is 0 Å². The van der Waals surface area contributed by atoms with E-state index in [4.69, 9.17) is 11.6 Å². The van der Waals surface area contributed by atoms with Gasteiger partial charge in [-0.2, -0.15) is 5.10 Å². The number of nitrogens with zero attached hydrogens (tertiary/aromatic N) is 2. The number of aryl methyl sites for hydroxylation is 1. The van der Waals surface area contributed by atoms with Crippen molar-refractivity contribution < 1.29 is 9.90 Å². The van der Waals surface area contributed by atoms with E-state index in [1.807, 2.05) is 42.8 Å². The Bertz CT molecular complexity index is 748. The Hall–Kier alpha value is -1.85. The molecule has 1 aromatic heterocycles. The third-order valence-electron chi connectivity index (χ3n) is 4.75. The van der Waals surface area contributed by atoms with E-state index in [9.17, 15) is 9.90 Å². The third-order valence-corrected chi connectivity index (χ3v) is 5.00. The van der Waals surface area contributed by atoms with Crippen molar-refractivity contribution in [2.75, 3.05) is 6.54 Å². The highest BCUT2D eigenvalue weighted by Gasteiger charge is 2.34. The number of nitrogens with one attached hydrogen (secondary N) is 1. The van der Waals surface area contributed by atoms with Crippen molar-refractivity contribution in [1.82, 2.24) is 15.1 Å². The summed E-state index contributed by atoms with van der Waals surface area (Å²) in [4.78, 5) is 12.2. The van der Waals surface area contributed by atoms with Crippen LogP contribution in [0.3, 0.4) is 0 Å². The number of rotatable bonds is 5. The molecule has 0 atom stereocenters. The summed E-state index contributed by atoms with van der Waals surface area (Å²) in [6.07, 6.45) is 2.82. The number of aliphatic hydroxyl groups is 1. The maximum Gasteiger partial charge on any atom is 0.224 e. The van der Waals surface area contributed by atoms with Gasteiger partial charge in [-0.25, -0.2) is 4.68 Å². The van der Waals surface area contributed by atoms with Crippen molar-refractivity contribution in [2.45, 2.75) is 45.1 Å². The zero-order valence-electron chi connectivity index (χ0n) is 14.0. The molecule has 0 bridgehead atoms. The molecule has 0 spiro atoms. The Kier molecular flexibility index (Phi) is 4.65. The third kappa shape index (κ3) is 3.47. The van der Waals surface area contributed by atoms with Gasteiger partial charge in [0.05, 0.1) is 23.4 Å². The molecule has 1 aromatic carbocycles. The molecule has 5 nitrogen and oxygen atoms in total. The van der Waals surface area contributed by atoms with Crippen LogP contribution in [-0.4, -0.2) is 32.9 Å². The number of aromatic nitrogens is 2. The fraction of sp³-hybridized carbons (Fsp3) is 0.444. The van der Waals surface area contributed by atoms with Gasteiger partial charge in [0.15, 0.2) is 0 Å². The van der Waals surface area contributed by atoms with Crippen molar-refractivity contribution in [2.24, 2.45) is 0 Å². The molecule has 24 heavy (non-hydrogen) atoms. The molecule has 0 saturated heterocycles. The predicted molar refractivity (Wildman–Crippen MR) is 93.6 cm³/mol. The summed E-state index contributed by atoms with van der Waals surface area (Å²) < 4.78 is 1.83. The number of carbonyl (C=O) groups excluding carboxylic acids is 1. The van der Waals surface area contributed by atoms with Crippen LogP contribution in [0.5, 0.6) is 0 Å². The highest BCUT2D eigenvalue weighted by atomic mass is 35.5. The molecule has 0 aliphatic heterocycles. The maximum atomic E-state index is 12.2. The highest BCUT2D eigenvalue weighted by Crippen LogP contribution is 2.30. The lowest BCUT2D eigenvalue weighted by atomic mass is 9.80. The Morgan fingerprint density at radius 2 is 2.00 bits per heavy atom. The van der Waals surface area contributed by atoms with Crippen molar-refractivity contribution in [3.8, 4) is 5.69 Å². The molecule has 128 valence electrons. The van der Waals surface area contributed by atoms with Gasteiger partial charge < -0.3 is 10.4 Å². The number of amides is 1. The predicted octanol–water partition coefficient (Wildman–Crippen LogP) is 2.72. The first-order valence-corrected chi connectivity index (χ1v) is 8.56. The molecule has 1 heterocycles. The van der Waals surface area contributed by atoms with Crippen molar-refractivity contribution in [3.05, 3.63) is 46.2 Å². The Morgan fingerprint density at radius 3 is 2.58 bits per heavy atom. The quantitative estimate of drug-likeness (QED) is 0.873. The normalized spacial score (nSPS) is 15.8.